The lowest BCUT2D eigenvalue weighted by Gasteiger charge is -2.54. The van der Waals surface area contributed by atoms with Gasteiger partial charge in [0.2, 0.25) is 0 Å². The van der Waals surface area contributed by atoms with Crippen LogP contribution in [0, 0.1) is 16.7 Å². The number of rotatable bonds is 4. The molecule has 4 aliphatic rings. The van der Waals surface area contributed by atoms with Gasteiger partial charge in [0, 0.05) is 12.6 Å². The van der Waals surface area contributed by atoms with Gasteiger partial charge in [0.15, 0.2) is 0 Å². The summed E-state index contributed by atoms with van der Waals surface area (Å²) in [7, 11) is -3.37. The van der Waals surface area contributed by atoms with Gasteiger partial charge in [-0.25, -0.2) is 8.42 Å². The summed E-state index contributed by atoms with van der Waals surface area (Å²) in [6.45, 7) is 0.984. The summed E-state index contributed by atoms with van der Waals surface area (Å²) >= 11 is 0. The number of ether oxygens (including phenoxy) is 1. The molecule has 6 nitrogen and oxygen atoms in total. The predicted octanol–water partition coefficient (Wildman–Crippen LogP) is 3.59. The van der Waals surface area contributed by atoms with E-state index in [1.807, 2.05) is 42.5 Å². The van der Waals surface area contributed by atoms with Crippen LogP contribution in [0.5, 0.6) is 5.75 Å². The zero-order valence-corrected chi connectivity index (χ0v) is 17.4. The highest BCUT2D eigenvalue weighted by Gasteiger charge is 2.52. The highest BCUT2D eigenvalue weighted by atomic mass is 32.2. The molecule has 2 bridgehead atoms. The fourth-order valence-corrected chi connectivity index (χ4v) is 6.02. The summed E-state index contributed by atoms with van der Waals surface area (Å²) in [5.74, 6) is 1.59. The number of piperidine rings is 2. The highest BCUT2D eigenvalue weighted by Crippen LogP contribution is 2.47. The molecule has 1 aliphatic carbocycles. The Morgan fingerprint density at radius 3 is 2.63 bits per heavy atom. The largest absolute Gasteiger partial charge is 0.493 e. The highest BCUT2D eigenvalue weighted by molar-refractivity contribution is 7.90. The molecule has 30 heavy (non-hydrogen) atoms. The van der Waals surface area contributed by atoms with E-state index < -0.39 is 10.0 Å². The summed E-state index contributed by atoms with van der Waals surface area (Å²) in [6.07, 6.45) is 3.97. The molecule has 0 unspecified atom stereocenters. The molecule has 0 N–H and O–H groups in total. The van der Waals surface area contributed by atoms with E-state index in [1.165, 1.54) is 0 Å². The van der Waals surface area contributed by atoms with Crippen LogP contribution in [0.15, 0.2) is 52.9 Å². The van der Waals surface area contributed by atoms with Crippen molar-refractivity contribution in [3.05, 3.63) is 54.1 Å². The van der Waals surface area contributed by atoms with Crippen LogP contribution in [0.1, 0.15) is 31.2 Å². The first kappa shape index (κ1) is 19.1. The van der Waals surface area contributed by atoms with E-state index in [1.54, 1.807) is 6.07 Å². The van der Waals surface area contributed by atoms with Crippen molar-refractivity contribution < 1.29 is 13.2 Å². The fourth-order valence-electron chi connectivity index (χ4n) is 4.94. The average molecular weight is 422 g/mol. The van der Waals surface area contributed by atoms with Crippen LogP contribution in [0.2, 0.25) is 0 Å². The zero-order chi connectivity index (χ0) is 20.8. The second-order valence-electron chi connectivity index (χ2n) is 8.41. The number of fused-ring (bicyclic) bond motifs is 2. The van der Waals surface area contributed by atoms with Crippen LogP contribution in [0.25, 0.3) is 11.1 Å². The number of sulfonamides is 1. The first-order valence-corrected chi connectivity index (χ1v) is 11.9. The minimum atomic E-state index is -3.37. The van der Waals surface area contributed by atoms with Gasteiger partial charge in [0.25, 0.3) is 10.0 Å². The first-order valence-electron chi connectivity index (χ1n) is 10.3. The van der Waals surface area contributed by atoms with Crippen molar-refractivity contribution in [1.82, 2.24) is 4.90 Å². The second-order valence-corrected chi connectivity index (χ2v) is 10.2. The summed E-state index contributed by atoms with van der Waals surface area (Å²) in [5.41, 5.74) is 2.32. The third kappa shape index (κ3) is 3.35. The van der Waals surface area contributed by atoms with Crippen molar-refractivity contribution >= 4 is 15.9 Å². The Bertz CT molecular complexity index is 1140. The molecule has 3 fully saturated rings. The maximum absolute atomic E-state index is 12.1. The number of nitriles is 1. The molecule has 0 atom stereocenters. The van der Waals surface area contributed by atoms with E-state index in [-0.39, 0.29) is 11.2 Å². The molecular formula is C23H23N3O3S. The summed E-state index contributed by atoms with van der Waals surface area (Å²) in [4.78, 5) is 2.21. The van der Waals surface area contributed by atoms with E-state index in [0.29, 0.717) is 24.8 Å². The van der Waals surface area contributed by atoms with Crippen LogP contribution in [-0.4, -0.2) is 44.1 Å². The molecule has 3 heterocycles. The number of hydrogen-bond acceptors (Lipinski definition) is 5. The maximum atomic E-state index is 12.1. The molecule has 0 aromatic heterocycles. The lowest BCUT2D eigenvalue weighted by Crippen LogP contribution is -2.62. The SMILES string of the molecule is N#Cc1cccc(-c2ccc(OCC34CCC(CC3)N3CCS(=O)(=O)N=C34)cc2)c1. The molecule has 0 spiro atoms. The van der Waals surface area contributed by atoms with Crippen LogP contribution in [0.4, 0.5) is 0 Å². The van der Waals surface area contributed by atoms with Crippen molar-refractivity contribution in [3.63, 3.8) is 0 Å². The molecule has 2 aromatic rings. The van der Waals surface area contributed by atoms with Crippen molar-refractivity contribution in [2.45, 2.75) is 31.7 Å². The Morgan fingerprint density at radius 1 is 1.13 bits per heavy atom. The minimum Gasteiger partial charge on any atom is -0.493 e. The lowest BCUT2D eigenvalue weighted by molar-refractivity contribution is 0.0657. The molecule has 6 rings (SSSR count). The topological polar surface area (TPSA) is 82.8 Å². The molecule has 2 saturated heterocycles. The van der Waals surface area contributed by atoms with Gasteiger partial charge < -0.3 is 9.64 Å². The van der Waals surface area contributed by atoms with Gasteiger partial charge in [-0.1, -0.05) is 24.3 Å². The number of benzene rings is 2. The normalized spacial score (nSPS) is 26.4. The molecule has 7 heteroatoms. The summed E-state index contributed by atoms with van der Waals surface area (Å²) in [6, 6.07) is 17.9. The van der Waals surface area contributed by atoms with E-state index in [4.69, 9.17) is 10.00 Å². The van der Waals surface area contributed by atoms with Crippen LogP contribution < -0.4 is 4.74 Å². The predicted molar refractivity (Wildman–Crippen MR) is 115 cm³/mol. The molecule has 0 amide bonds. The fraction of sp³-hybridized carbons (Fsp3) is 0.391. The van der Waals surface area contributed by atoms with E-state index in [0.717, 1.165) is 48.4 Å². The second kappa shape index (κ2) is 7.13. The van der Waals surface area contributed by atoms with Gasteiger partial charge in [-0.3, -0.25) is 0 Å². The standard InChI is InChI=1S/C23H23N3O3S/c24-15-17-2-1-3-19(14-17)18-4-6-21(7-5-18)29-16-23-10-8-20(9-11-23)26-12-13-30(27,28)25-22(23)26/h1-7,14,20H,8-13,16H2. The Kier molecular flexibility index (Phi) is 4.55. The Labute approximate surface area is 176 Å². The molecule has 3 aliphatic heterocycles. The molecule has 2 aromatic carbocycles. The van der Waals surface area contributed by atoms with Crippen molar-refractivity contribution in [2.75, 3.05) is 18.9 Å². The molecule has 0 radical (unpaired) electrons. The van der Waals surface area contributed by atoms with Crippen molar-refractivity contribution in [2.24, 2.45) is 9.81 Å². The van der Waals surface area contributed by atoms with E-state index in [2.05, 4.69) is 15.4 Å². The Balaban J connectivity index is 1.35. The summed E-state index contributed by atoms with van der Waals surface area (Å²) < 4.78 is 34.6. The lowest BCUT2D eigenvalue weighted by atomic mass is 9.67. The van der Waals surface area contributed by atoms with Crippen LogP contribution in [-0.2, 0) is 10.0 Å². The Hall–Kier alpha value is -2.85. The van der Waals surface area contributed by atoms with Gasteiger partial charge in [-0.2, -0.15) is 5.26 Å². The number of nitrogens with zero attached hydrogens (tertiary/aromatic N) is 3. The first-order chi connectivity index (χ1) is 14.5. The zero-order valence-electron chi connectivity index (χ0n) is 16.6. The summed E-state index contributed by atoms with van der Waals surface area (Å²) in [5, 5.41) is 9.09. The molecular weight excluding hydrogens is 398 g/mol. The maximum Gasteiger partial charge on any atom is 0.256 e. The molecule has 154 valence electrons. The van der Waals surface area contributed by atoms with E-state index >= 15 is 0 Å². The van der Waals surface area contributed by atoms with Crippen LogP contribution >= 0.6 is 0 Å². The quantitative estimate of drug-likeness (QED) is 0.753. The smallest absolute Gasteiger partial charge is 0.256 e. The Morgan fingerprint density at radius 2 is 1.90 bits per heavy atom. The number of hydrogen-bond donors (Lipinski definition) is 0. The van der Waals surface area contributed by atoms with Crippen LogP contribution in [0.3, 0.4) is 0 Å². The average Bonchev–Trinajstić information content (AvgIpc) is 2.78. The minimum absolute atomic E-state index is 0.110. The monoisotopic (exact) mass is 421 g/mol. The van der Waals surface area contributed by atoms with Crippen molar-refractivity contribution in [1.29, 1.82) is 5.26 Å². The van der Waals surface area contributed by atoms with Gasteiger partial charge >= 0.3 is 0 Å². The van der Waals surface area contributed by atoms with Crippen molar-refractivity contribution in [3.8, 4) is 22.9 Å². The van der Waals surface area contributed by atoms with Gasteiger partial charge in [0.05, 0.1) is 22.8 Å². The number of amidine groups is 1. The van der Waals surface area contributed by atoms with Gasteiger partial charge in [-0.15, -0.1) is 4.40 Å². The van der Waals surface area contributed by atoms with E-state index in [9.17, 15) is 8.42 Å². The molecule has 1 saturated carbocycles. The van der Waals surface area contributed by atoms with Gasteiger partial charge in [0.1, 0.15) is 18.2 Å². The van der Waals surface area contributed by atoms with Gasteiger partial charge in [-0.05, 0) is 61.1 Å². The third-order valence-electron chi connectivity index (χ3n) is 6.61. The third-order valence-corrected chi connectivity index (χ3v) is 7.76.